The SMILES string of the molecule is Cc1cc(C)c(S(=O)(=O)N(C(=O)c2ccncc2)c2cc3sc(=O)oc3c3ccccc23)c(C)c1. The van der Waals surface area contributed by atoms with Gasteiger partial charge in [0, 0.05) is 28.7 Å². The molecule has 2 heterocycles. The molecule has 0 unspecified atom stereocenters. The molecule has 0 radical (unpaired) electrons. The molecule has 5 rings (SSSR count). The molecule has 0 N–H and O–H groups in total. The number of fused-ring (bicyclic) bond motifs is 3. The molecule has 2 aromatic heterocycles. The summed E-state index contributed by atoms with van der Waals surface area (Å²) in [5.41, 5.74) is 2.65. The van der Waals surface area contributed by atoms with E-state index >= 15 is 0 Å². The predicted molar refractivity (Wildman–Crippen MR) is 137 cm³/mol. The summed E-state index contributed by atoms with van der Waals surface area (Å²) in [6.45, 7) is 5.31. The quantitative estimate of drug-likeness (QED) is 0.327. The molecule has 0 aliphatic rings. The highest BCUT2D eigenvalue weighted by molar-refractivity contribution is 7.93. The van der Waals surface area contributed by atoms with E-state index in [-0.39, 0.29) is 16.1 Å². The van der Waals surface area contributed by atoms with Crippen LogP contribution in [0.2, 0.25) is 0 Å². The number of carbonyl (C=O) groups is 1. The third-order valence-corrected chi connectivity index (χ3v) is 8.53. The summed E-state index contributed by atoms with van der Waals surface area (Å²) in [6, 6.07) is 15.0. The number of rotatable bonds is 4. The molecule has 1 amide bonds. The zero-order valence-electron chi connectivity index (χ0n) is 19.1. The summed E-state index contributed by atoms with van der Waals surface area (Å²) in [5.74, 6) is -0.730. The monoisotopic (exact) mass is 504 g/mol. The number of sulfonamides is 1. The van der Waals surface area contributed by atoms with E-state index < -0.39 is 20.9 Å². The maximum atomic E-state index is 14.3. The van der Waals surface area contributed by atoms with E-state index in [1.54, 1.807) is 50.2 Å². The van der Waals surface area contributed by atoms with Gasteiger partial charge < -0.3 is 4.42 Å². The van der Waals surface area contributed by atoms with E-state index in [0.29, 0.717) is 32.2 Å². The lowest BCUT2D eigenvalue weighted by Gasteiger charge is -2.26. The number of amides is 1. The van der Waals surface area contributed by atoms with Crippen LogP contribution in [0.5, 0.6) is 0 Å². The van der Waals surface area contributed by atoms with Crippen LogP contribution in [0, 0.1) is 20.8 Å². The third-order valence-electron chi connectivity index (χ3n) is 5.75. The second kappa shape index (κ2) is 8.44. The maximum absolute atomic E-state index is 14.3. The van der Waals surface area contributed by atoms with Gasteiger partial charge in [0.1, 0.15) is 0 Å². The van der Waals surface area contributed by atoms with Gasteiger partial charge in [-0.25, -0.2) is 13.2 Å². The average Bonchev–Trinajstić information content (AvgIpc) is 3.19. The molecular formula is C26H20N2O5S2. The molecule has 3 aromatic carbocycles. The molecule has 0 spiro atoms. The molecule has 0 saturated heterocycles. The number of aryl methyl sites for hydroxylation is 3. The minimum atomic E-state index is -4.37. The molecule has 0 fully saturated rings. The van der Waals surface area contributed by atoms with E-state index in [1.165, 1.54) is 30.6 Å². The minimum absolute atomic E-state index is 0.0649. The van der Waals surface area contributed by atoms with Gasteiger partial charge in [0.2, 0.25) is 0 Å². The molecule has 0 aliphatic heterocycles. The van der Waals surface area contributed by atoms with E-state index in [9.17, 15) is 18.0 Å². The molecule has 35 heavy (non-hydrogen) atoms. The molecule has 0 aliphatic carbocycles. The Morgan fingerprint density at radius 2 is 1.57 bits per heavy atom. The number of pyridine rings is 1. The average molecular weight is 505 g/mol. The number of nitrogens with zero attached hydrogens (tertiary/aromatic N) is 2. The Kier molecular flexibility index (Phi) is 5.53. The highest BCUT2D eigenvalue weighted by Gasteiger charge is 2.36. The second-order valence-electron chi connectivity index (χ2n) is 8.26. The second-order valence-corrected chi connectivity index (χ2v) is 11.0. The molecule has 0 bridgehead atoms. The molecule has 7 nitrogen and oxygen atoms in total. The number of anilines is 1. The van der Waals surface area contributed by atoms with Crippen LogP contribution in [0.3, 0.4) is 0 Å². The largest absolute Gasteiger partial charge is 0.413 e. The fourth-order valence-electron chi connectivity index (χ4n) is 4.47. The Labute approximate surface area is 205 Å². The van der Waals surface area contributed by atoms with Gasteiger partial charge in [-0.1, -0.05) is 53.3 Å². The van der Waals surface area contributed by atoms with Crippen molar-refractivity contribution in [1.82, 2.24) is 4.98 Å². The third kappa shape index (κ3) is 3.82. The van der Waals surface area contributed by atoms with Crippen molar-refractivity contribution in [3.63, 3.8) is 0 Å². The van der Waals surface area contributed by atoms with Crippen molar-refractivity contribution in [3.8, 4) is 0 Å². The van der Waals surface area contributed by atoms with Gasteiger partial charge in [0.25, 0.3) is 15.9 Å². The smallest absolute Gasteiger partial charge is 0.396 e. The zero-order valence-corrected chi connectivity index (χ0v) is 20.7. The van der Waals surface area contributed by atoms with Crippen molar-refractivity contribution in [2.45, 2.75) is 25.7 Å². The van der Waals surface area contributed by atoms with Gasteiger partial charge in [-0.2, -0.15) is 4.31 Å². The number of aromatic nitrogens is 1. The fraction of sp³-hybridized carbons (Fsp3) is 0.115. The topological polar surface area (TPSA) is 97.5 Å². The summed E-state index contributed by atoms with van der Waals surface area (Å²) >= 11 is 0.856. The first-order valence-corrected chi connectivity index (χ1v) is 13.0. The van der Waals surface area contributed by atoms with Gasteiger partial charge in [-0.15, -0.1) is 0 Å². The van der Waals surface area contributed by atoms with E-state index in [2.05, 4.69) is 4.98 Å². The van der Waals surface area contributed by atoms with Gasteiger partial charge in [0.05, 0.1) is 15.3 Å². The molecule has 0 saturated carbocycles. The highest BCUT2D eigenvalue weighted by Crippen LogP contribution is 2.39. The fourth-order valence-corrected chi connectivity index (χ4v) is 7.04. The first-order valence-electron chi connectivity index (χ1n) is 10.7. The van der Waals surface area contributed by atoms with Crippen molar-refractivity contribution < 1.29 is 17.6 Å². The lowest BCUT2D eigenvalue weighted by molar-refractivity contribution is 0.101. The van der Waals surface area contributed by atoms with Crippen LogP contribution in [0.15, 0.2) is 81.1 Å². The number of carbonyl (C=O) groups excluding carboxylic acids is 1. The minimum Gasteiger partial charge on any atom is -0.413 e. The van der Waals surface area contributed by atoms with E-state index in [0.717, 1.165) is 21.2 Å². The first kappa shape index (κ1) is 22.9. The molecule has 9 heteroatoms. The summed E-state index contributed by atoms with van der Waals surface area (Å²) in [6.07, 6.45) is 2.87. The predicted octanol–water partition coefficient (Wildman–Crippen LogP) is 5.36. The van der Waals surface area contributed by atoms with Crippen LogP contribution < -0.4 is 9.24 Å². The summed E-state index contributed by atoms with van der Waals surface area (Å²) in [7, 11) is -4.37. The lowest BCUT2D eigenvalue weighted by Crippen LogP contribution is -2.38. The first-order chi connectivity index (χ1) is 16.7. The number of hydrogen-bond donors (Lipinski definition) is 0. The summed E-state index contributed by atoms with van der Waals surface area (Å²) in [5, 5.41) is 1.01. The summed E-state index contributed by atoms with van der Waals surface area (Å²) < 4.78 is 35.3. The standard InChI is InChI=1S/C26H20N2O5S2/c1-15-12-16(2)24(17(3)13-15)35(31,32)28(25(29)18-8-10-27-11-9-18)21-14-22-23(33-26(30)34-22)20-7-5-4-6-19(20)21/h4-14H,1-3H3. The van der Waals surface area contributed by atoms with Gasteiger partial charge >= 0.3 is 4.94 Å². The van der Waals surface area contributed by atoms with Crippen LogP contribution in [0.4, 0.5) is 5.69 Å². The Morgan fingerprint density at radius 3 is 2.23 bits per heavy atom. The molecule has 176 valence electrons. The highest BCUT2D eigenvalue weighted by atomic mass is 32.2. The van der Waals surface area contributed by atoms with Crippen LogP contribution in [-0.2, 0) is 10.0 Å². The maximum Gasteiger partial charge on any atom is 0.396 e. The van der Waals surface area contributed by atoms with E-state index in [4.69, 9.17) is 4.42 Å². The molecule has 0 atom stereocenters. The van der Waals surface area contributed by atoms with Crippen molar-refractivity contribution in [2.75, 3.05) is 4.31 Å². The molecular weight excluding hydrogens is 484 g/mol. The van der Waals surface area contributed by atoms with Crippen LogP contribution in [0.1, 0.15) is 27.0 Å². The Hall–Kier alpha value is -3.82. The van der Waals surface area contributed by atoms with Crippen LogP contribution >= 0.6 is 11.3 Å². The van der Waals surface area contributed by atoms with Crippen molar-refractivity contribution in [2.24, 2.45) is 0 Å². The van der Waals surface area contributed by atoms with Crippen molar-refractivity contribution in [3.05, 3.63) is 99.0 Å². The van der Waals surface area contributed by atoms with Gasteiger partial charge in [-0.3, -0.25) is 9.78 Å². The normalized spacial score (nSPS) is 11.7. The van der Waals surface area contributed by atoms with Crippen LogP contribution in [0.25, 0.3) is 21.1 Å². The van der Waals surface area contributed by atoms with Crippen molar-refractivity contribution >= 4 is 54.0 Å². The number of hydrogen-bond acceptors (Lipinski definition) is 7. The molecule has 5 aromatic rings. The Balaban J connectivity index is 1.89. The van der Waals surface area contributed by atoms with Crippen molar-refractivity contribution in [1.29, 1.82) is 0 Å². The van der Waals surface area contributed by atoms with Gasteiger partial charge in [-0.05, 0) is 50.1 Å². The Bertz CT molecular complexity index is 1760. The summed E-state index contributed by atoms with van der Waals surface area (Å²) in [4.78, 5) is 29.4. The number of benzene rings is 3. The Morgan fingerprint density at radius 1 is 0.943 bits per heavy atom. The zero-order chi connectivity index (χ0) is 24.9. The lowest BCUT2D eigenvalue weighted by atomic mass is 10.1. The van der Waals surface area contributed by atoms with Gasteiger partial charge in [0.15, 0.2) is 5.58 Å². The van der Waals surface area contributed by atoms with E-state index in [1.807, 2.05) is 6.92 Å². The van der Waals surface area contributed by atoms with Crippen LogP contribution in [-0.4, -0.2) is 19.3 Å².